The molecule has 0 unspecified atom stereocenters. The normalized spacial score (nSPS) is 16.6. The Kier molecular flexibility index (Phi) is 2.88. The second-order valence-electron chi connectivity index (χ2n) is 3.15. The zero-order chi connectivity index (χ0) is 10.1. The Bertz CT molecular complexity index is 369. The van der Waals surface area contributed by atoms with E-state index in [0.717, 1.165) is 10.2 Å². The van der Waals surface area contributed by atoms with Crippen LogP contribution in [0.5, 0.6) is 0 Å². The van der Waals surface area contributed by atoms with Crippen molar-refractivity contribution in [3.8, 4) is 0 Å². The highest BCUT2D eigenvalue weighted by molar-refractivity contribution is 9.10. The molecule has 1 aliphatic rings. The number of nitrogens with zero attached hydrogens (tertiary/aromatic N) is 1. The predicted octanol–water partition coefficient (Wildman–Crippen LogP) is 4.25. The van der Waals surface area contributed by atoms with Crippen LogP contribution in [-0.4, -0.2) is 0 Å². The lowest BCUT2D eigenvalue weighted by Gasteiger charge is -2.17. The van der Waals surface area contributed by atoms with Crippen LogP contribution in [-0.2, 0) is 0 Å². The maximum absolute atomic E-state index is 3.42. The molecule has 1 nitrogen and oxygen atoms in total. The fraction of sp³-hybridized carbons (Fsp3) is 0.182. The van der Waals surface area contributed by atoms with Crippen molar-refractivity contribution >= 4 is 33.4 Å². The second-order valence-corrected chi connectivity index (χ2v) is 5.06. The van der Waals surface area contributed by atoms with Crippen molar-refractivity contribution in [3.63, 3.8) is 0 Å². The minimum atomic E-state index is 1.10. The Hall–Kier alpha value is -0.410. The van der Waals surface area contributed by atoms with Crippen molar-refractivity contribution in [2.24, 2.45) is 0 Å². The zero-order valence-corrected chi connectivity index (χ0v) is 10.4. The van der Waals surface area contributed by atoms with Crippen LogP contribution in [0.1, 0.15) is 13.8 Å². The highest BCUT2D eigenvalue weighted by atomic mass is 79.9. The SMILES string of the molecule is CC1=C(C)N(c2ccc(Br)cc2)[C]S1. The molecule has 0 spiro atoms. The molecule has 14 heavy (non-hydrogen) atoms. The first-order valence-corrected chi connectivity index (χ1v) is 5.95. The quantitative estimate of drug-likeness (QED) is 0.749. The molecule has 1 aromatic rings. The molecule has 0 saturated carbocycles. The van der Waals surface area contributed by atoms with Crippen molar-refractivity contribution in [2.45, 2.75) is 13.8 Å². The molecular weight excluding hydrogens is 258 g/mol. The van der Waals surface area contributed by atoms with Gasteiger partial charge < -0.3 is 4.90 Å². The van der Waals surface area contributed by atoms with E-state index in [-0.39, 0.29) is 0 Å². The topological polar surface area (TPSA) is 3.24 Å². The number of thioether (sulfide) groups is 1. The first-order valence-electron chi connectivity index (χ1n) is 4.34. The smallest absolute Gasteiger partial charge is 0.168 e. The van der Waals surface area contributed by atoms with E-state index >= 15 is 0 Å². The molecule has 0 bridgehead atoms. The van der Waals surface area contributed by atoms with E-state index in [1.54, 1.807) is 11.8 Å². The zero-order valence-electron chi connectivity index (χ0n) is 8.04. The van der Waals surface area contributed by atoms with Crippen LogP contribution in [0, 0.1) is 5.88 Å². The number of allylic oxidation sites excluding steroid dienone is 2. The Balaban J connectivity index is 2.29. The molecule has 1 aromatic carbocycles. The van der Waals surface area contributed by atoms with Crippen LogP contribution < -0.4 is 4.90 Å². The fourth-order valence-corrected chi connectivity index (χ4v) is 2.22. The van der Waals surface area contributed by atoms with Crippen LogP contribution in [0.4, 0.5) is 5.69 Å². The summed E-state index contributed by atoms with van der Waals surface area (Å²) in [6.07, 6.45) is 0. The van der Waals surface area contributed by atoms with Gasteiger partial charge in [0.15, 0.2) is 5.88 Å². The van der Waals surface area contributed by atoms with Gasteiger partial charge in [0.05, 0.1) is 0 Å². The van der Waals surface area contributed by atoms with Crippen molar-refractivity contribution in [1.29, 1.82) is 0 Å². The van der Waals surface area contributed by atoms with Gasteiger partial charge in [-0.2, -0.15) is 0 Å². The third kappa shape index (κ3) is 1.84. The van der Waals surface area contributed by atoms with Crippen molar-refractivity contribution in [2.75, 3.05) is 4.90 Å². The molecule has 2 rings (SSSR count). The van der Waals surface area contributed by atoms with Gasteiger partial charge in [-0.25, -0.2) is 0 Å². The van der Waals surface area contributed by atoms with Gasteiger partial charge in [0.2, 0.25) is 0 Å². The molecule has 0 fully saturated rings. The predicted molar refractivity (Wildman–Crippen MR) is 65.8 cm³/mol. The maximum Gasteiger partial charge on any atom is 0.168 e. The number of rotatable bonds is 1. The van der Waals surface area contributed by atoms with Crippen LogP contribution in [0.25, 0.3) is 0 Å². The average Bonchev–Trinajstić information content (AvgIpc) is 2.50. The monoisotopic (exact) mass is 267 g/mol. The molecule has 0 amide bonds. The van der Waals surface area contributed by atoms with Gasteiger partial charge in [-0.1, -0.05) is 27.7 Å². The summed E-state index contributed by atoms with van der Waals surface area (Å²) in [4.78, 5) is 3.40. The van der Waals surface area contributed by atoms with E-state index < -0.39 is 0 Å². The van der Waals surface area contributed by atoms with Gasteiger partial charge in [-0.05, 0) is 38.1 Å². The summed E-state index contributed by atoms with van der Waals surface area (Å²) in [6.45, 7) is 4.23. The summed E-state index contributed by atoms with van der Waals surface area (Å²) >= 11 is 5.08. The molecule has 0 aliphatic carbocycles. The van der Waals surface area contributed by atoms with Crippen LogP contribution in [0.15, 0.2) is 39.3 Å². The van der Waals surface area contributed by atoms with Gasteiger partial charge in [0, 0.05) is 20.8 Å². The lowest BCUT2D eigenvalue weighted by atomic mass is 10.3. The summed E-state index contributed by atoms with van der Waals surface area (Å²) in [5.74, 6) is 3.25. The Morgan fingerprint density at radius 3 is 2.36 bits per heavy atom. The second kappa shape index (κ2) is 3.99. The van der Waals surface area contributed by atoms with Gasteiger partial charge >= 0.3 is 0 Å². The summed E-state index contributed by atoms with van der Waals surface area (Å²) in [6, 6.07) is 8.25. The molecule has 72 valence electrons. The van der Waals surface area contributed by atoms with E-state index in [0.29, 0.717) is 0 Å². The van der Waals surface area contributed by atoms with Crippen molar-refractivity contribution in [3.05, 3.63) is 45.2 Å². The molecule has 1 heterocycles. The highest BCUT2D eigenvalue weighted by Gasteiger charge is 2.19. The van der Waals surface area contributed by atoms with E-state index in [9.17, 15) is 0 Å². The summed E-state index contributed by atoms with van der Waals surface area (Å²) in [5.41, 5.74) is 2.42. The van der Waals surface area contributed by atoms with E-state index in [1.807, 2.05) is 12.1 Å². The Morgan fingerprint density at radius 2 is 1.86 bits per heavy atom. The Labute approximate surface area is 97.3 Å². The summed E-state index contributed by atoms with van der Waals surface area (Å²) in [5, 5.41) is 0. The van der Waals surface area contributed by atoms with Crippen molar-refractivity contribution in [1.82, 2.24) is 0 Å². The van der Waals surface area contributed by atoms with Crippen LogP contribution in [0.2, 0.25) is 0 Å². The van der Waals surface area contributed by atoms with E-state index in [4.69, 9.17) is 0 Å². The minimum Gasteiger partial charge on any atom is -0.323 e. The molecule has 0 aromatic heterocycles. The number of halogens is 1. The maximum atomic E-state index is 3.42. The molecule has 0 saturated heterocycles. The third-order valence-corrected chi connectivity index (χ3v) is 3.62. The largest absolute Gasteiger partial charge is 0.323 e. The van der Waals surface area contributed by atoms with E-state index in [2.05, 4.69) is 52.7 Å². The fourth-order valence-electron chi connectivity index (χ4n) is 1.25. The minimum absolute atomic E-state index is 1.10. The first kappa shape index (κ1) is 10.1. The molecule has 2 radical (unpaired) electrons. The molecule has 0 N–H and O–H groups in total. The lowest BCUT2D eigenvalue weighted by Crippen LogP contribution is -2.11. The molecule has 3 heteroatoms. The average molecular weight is 268 g/mol. The number of hydrogen-bond acceptors (Lipinski definition) is 2. The molecule has 1 aliphatic heterocycles. The van der Waals surface area contributed by atoms with Crippen molar-refractivity contribution < 1.29 is 0 Å². The van der Waals surface area contributed by atoms with E-state index in [1.165, 1.54) is 10.6 Å². The standard InChI is InChI=1S/C11H10BrNS/c1-8-9(2)14-7-13(8)11-5-3-10(12)4-6-11/h3-6H,1-2H3. The Morgan fingerprint density at radius 1 is 1.21 bits per heavy atom. The molecular formula is C11H10BrNS. The van der Waals surface area contributed by atoms with Gasteiger partial charge in [0.25, 0.3) is 0 Å². The van der Waals surface area contributed by atoms with Crippen LogP contribution >= 0.6 is 27.7 Å². The number of anilines is 1. The van der Waals surface area contributed by atoms with Gasteiger partial charge in [-0.15, -0.1) is 0 Å². The summed E-state index contributed by atoms with van der Waals surface area (Å²) in [7, 11) is 0. The number of benzene rings is 1. The lowest BCUT2D eigenvalue weighted by molar-refractivity contribution is 1.14. The number of hydrogen-bond donors (Lipinski definition) is 0. The van der Waals surface area contributed by atoms with Gasteiger partial charge in [0.1, 0.15) is 0 Å². The molecule has 0 atom stereocenters. The third-order valence-electron chi connectivity index (χ3n) is 2.22. The first-order chi connectivity index (χ1) is 6.68. The van der Waals surface area contributed by atoms with Gasteiger partial charge in [-0.3, -0.25) is 0 Å². The highest BCUT2D eigenvalue weighted by Crippen LogP contribution is 2.38. The van der Waals surface area contributed by atoms with Crippen LogP contribution in [0.3, 0.4) is 0 Å². The summed E-state index contributed by atoms with van der Waals surface area (Å²) < 4.78 is 1.10.